The van der Waals surface area contributed by atoms with E-state index in [2.05, 4.69) is 10.3 Å². The number of carbonyl (C=O) groups is 1. The number of rotatable bonds is 5. The number of phenolic OH excluding ortho intramolecular Hbond substituents is 1. The van der Waals surface area contributed by atoms with E-state index in [9.17, 15) is 9.90 Å². The summed E-state index contributed by atoms with van der Waals surface area (Å²) in [5.41, 5.74) is 2.10. The number of oxazole rings is 1. The number of nitrogens with one attached hydrogen (secondary N) is 1. The second kappa shape index (κ2) is 6.96. The van der Waals surface area contributed by atoms with Gasteiger partial charge in [-0.3, -0.25) is 0 Å². The Kier molecular flexibility index (Phi) is 4.56. The summed E-state index contributed by atoms with van der Waals surface area (Å²) in [5.74, 6) is 1.59. The Morgan fingerprint density at radius 3 is 2.36 bits per heavy atom. The highest BCUT2D eigenvalue weighted by Crippen LogP contribution is 2.34. The monoisotopic (exact) mass is 340 g/mol. The molecule has 3 rings (SSSR count). The molecule has 0 unspecified atom stereocenters. The Balaban J connectivity index is 2.03. The van der Waals surface area contributed by atoms with Crippen LogP contribution in [0.25, 0.3) is 22.6 Å². The third-order valence-corrected chi connectivity index (χ3v) is 3.56. The number of amides is 1. The molecule has 0 radical (unpaired) electrons. The van der Waals surface area contributed by atoms with E-state index in [1.54, 1.807) is 43.5 Å². The van der Waals surface area contributed by atoms with Crippen molar-refractivity contribution in [3.63, 3.8) is 0 Å². The van der Waals surface area contributed by atoms with E-state index >= 15 is 0 Å². The number of phenols is 1. The molecule has 0 aliphatic carbocycles. The molecule has 1 aromatic heterocycles. The van der Waals surface area contributed by atoms with Crippen LogP contribution in [0.2, 0.25) is 0 Å². The maximum atomic E-state index is 10.7. The Bertz CT molecular complexity index is 869. The lowest BCUT2D eigenvalue weighted by Crippen LogP contribution is -2.20. The average molecular weight is 340 g/mol. The van der Waals surface area contributed by atoms with Crippen LogP contribution in [0, 0.1) is 0 Å². The molecule has 0 saturated carbocycles. The van der Waals surface area contributed by atoms with Crippen LogP contribution in [-0.2, 0) is 6.54 Å². The van der Waals surface area contributed by atoms with Crippen molar-refractivity contribution >= 4 is 6.09 Å². The van der Waals surface area contributed by atoms with Crippen LogP contribution in [0.3, 0.4) is 0 Å². The first kappa shape index (κ1) is 16.4. The Hall–Kier alpha value is -3.48. The Labute approximate surface area is 143 Å². The number of hydrogen-bond donors (Lipinski definition) is 3. The highest BCUT2D eigenvalue weighted by Gasteiger charge is 2.17. The van der Waals surface area contributed by atoms with E-state index in [1.165, 1.54) is 0 Å². The standard InChI is InChI=1S/C18H16N2O5/c1-24-14-8-4-11(5-9-14)16-17(12-2-6-13(21)7-3-12)25-15(20-16)10-19-18(22)23/h2-9,19,21H,10H2,1H3,(H,22,23). The first-order valence-corrected chi connectivity index (χ1v) is 7.47. The zero-order chi connectivity index (χ0) is 17.8. The molecule has 1 heterocycles. The predicted octanol–water partition coefficient (Wildman–Crippen LogP) is 3.49. The van der Waals surface area contributed by atoms with Gasteiger partial charge in [-0.15, -0.1) is 0 Å². The summed E-state index contributed by atoms with van der Waals surface area (Å²) < 4.78 is 10.9. The predicted molar refractivity (Wildman–Crippen MR) is 90.5 cm³/mol. The zero-order valence-corrected chi connectivity index (χ0v) is 13.4. The summed E-state index contributed by atoms with van der Waals surface area (Å²) in [6.45, 7) is -0.0451. The summed E-state index contributed by atoms with van der Waals surface area (Å²) >= 11 is 0. The van der Waals surface area contributed by atoms with Gasteiger partial charge in [0.25, 0.3) is 0 Å². The second-order valence-corrected chi connectivity index (χ2v) is 5.22. The average Bonchev–Trinajstić information content (AvgIpc) is 3.05. The highest BCUT2D eigenvalue weighted by atomic mass is 16.5. The van der Waals surface area contributed by atoms with Gasteiger partial charge in [0.15, 0.2) is 5.76 Å². The molecule has 2 aromatic carbocycles. The number of benzene rings is 2. The van der Waals surface area contributed by atoms with Gasteiger partial charge in [-0.2, -0.15) is 0 Å². The van der Waals surface area contributed by atoms with Crippen molar-refractivity contribution in [2.24, 2.45) is 0 Å². The van der Waals surface area contributed by atoms with Gasteiger partial charge in [-0.1, -0.05) is 0 Å². The van der Waals surface area contributed by atoms with E-state index in [-0.39, 0.29) is 18.2 Å². The molecule has 0 aliphatic rings. The molecule has 0 fully saturated rings. The molecule has 3 aromatic rings. The largest absolute Gasteiger partial charge is 0.508 e. The third-order valence-electron chi connectivity index (χ3n) is 3.56. The fourth-order valence-electron chi connectivity index (χ4n) is 2.34. The lowest BCUT2D eigenvalue weighted by Gasteiger charge is -2.03. The summed E-state index contributed by atoms with van der Waals surface area (Å²) in [4.78, 5) is 15.1. The van der Waals surface area contributed by atoms with Crippen LogP contribution in [0.1, 0.15) is 5.89 Å². The molecule has 3 N–H and O–H groups in total. The van der Waals surface area contributed by atoms with Crippen LogP contribution < -0.4 is 10.1 Å². The molecule has 0 spiro atoms. The summed E-state index contributed by atoms with van der Waals surface area (Å²) in [6, 6.07) is 13.8. The number of hydrogen-bond acceptors (Lipinski definition) is 5. The van der Waals surface area contributed by atoms with Crippen LogP contribution in [0.4, 0.5) is 4.79 Å². The topological polar surface area (TPSA) is 105 Å². The van der Waals surface area contributed by atoms with Crippen molar-refractivity contribution in [2.45, 2.75) is 6.54 Å². The minimum Gasteiger partial charge on any atom is -0.508 e. The number of carboxylic acid groups (broad SMARTS) is 1. The minimum absolute atomic E-state index is 0.0451. The van der Waals surface area contributed by atoms with E-state index in [0.717, 1.165) is 11.1 Å². The van der Waals surface area contributed by atoms with Gasteiger partial charge >= 0.3 is 6.09 Å². The van der Waals surface area contributed by atoms with Crippen LogP contribution in [-0.4, -0.2) is 28.4 Å². The second-order valence-electron chi connectivity index (χ2n) is 5.22. The van der Waals surface area contributed by atoms with E-state index in [1.807, 2.05) is 12.1 Å². The van der Waals surface area contributed by atoms with Crippen molar-refractivity contribution in [3.05, 3.63) is 54.4 Å². The van der Waals surface area contributed by atoms with Crippen molar-refractivity contribution in [1.29, 1.82) is 0 Å². The summed E-state index contributed by atoms with van der Waals surface area (Å²) in [5, 5.41) is 20.4. The van der Waals surface area contributed by atoms with Gasteiger partial charge < -0.3 is 24.7 Å². The van der Waals surface area contributed by atoms with Gasteiger partial charge in [0.05, 0.1) is 13.7 Å². The summed E-state index contributed by atoms with van der Waals surface area (Å²) in [6.07, 6.45) is -1.16. The van der Waals surface area contributed by atoms with Gasteiger partial charge in [0.1, 0.15) is 17.2 Å². The fourth-order valence-corrected chi connectivity index (χ4v) is 2.34. The minimum atomic E-state index is -1.16. The first-order chi connectivity index (χ1) is 12.1. The van der Waals surface area contributed by atoms with Crippen LogP contribution >= 0.6 is 0 Å². The van der Waals surface area contributed by atoms with Gasteiger partial charge in [0.2, 0.25) is 5.89 Å². The smallest absolute Gasteiger partial charge is 0.405 e. The molecule has 7 heteroatoms. The highest BCUT2D eigenvalue weighted by molar-refractivity contribution is 5.77. The van der Waals surface area contributed by atoms with Crippen molar-refractivity contribution in [1.82, 2.24) is 10.3 Å². The fraction of sp³-hybridized carbons (Fsp3) is 0.111. The van der Waals surface area contributed by atoms with Gasteiger partial charge in [-0.05, 0) is 48.5 Å². The lowest BCUT2D eigenvalue weighted by molar-refractivity contribution is 0.192. The van der Waals surface area contributed by atoms with Crippen molar-refractivity contribution in [3.8, 4) is 34.1 Å². The quantitative estimate of drug-likeness (QED) is 0.657. The molecule has 0 atom stereocenters. The van der Waals surface area contributed by atoms with Crippen molar-refractivity contribution in [2.75, 3.05) is 7.11 Å². The molecule has 1 amide bonds. The zero-order valence-electron chi connectivity index (χ0n) is 13.4. The molecule has 7 nitrogen and oxygen atoms in total. The Morgan fingerprint density at radius 2 is 1.76 bits per heavy atom. The maximum Gasteiger partial charge on any atom is 0.405 e. The Morgan fingerprint density at radius 1 is 1.12 bits per heavy atom. The third kappa shape index (κ3) is 3.72. The van der Waals surface area contributed by atoms with E-state index in [0.29, 0.717) is 17.2 Å². The summed E-state index contributed by atoms with van der Waals surface area (Å²) in [7, 11) is 1.59. The normalized spacial score (nSPS) is 10.4. The number of ether oxygens (including phenoxy) is 1. The molecule has 25 heavy (non-hydrogen) atoms. The molecule has 0 saturated heterocycles. The van der Waals surface area contributed by atoms with Crippen LogP contribution in [0.15, 0.2) is 52.9 Å². The number of aromatic hydroxyl groups is 1. The first-order valence-electron chi connectivity index (χ1n) is 7.47. The van der Waals surface area contributed by atoms with Crippen molar-refractivity contribution < 1.29 is 24.2 Å². The molecule has 128 valence electrons. The lowest BCUT2D eigenvalue weighted by atomic mass is 10.1. The molecular weight excluding hydrogens is 324 g/mol. The number of aromatic nitrogens is 1. The number of methoxy groups -OCH3 is 1. The molecule has 0 bridgehead atoms. The SMILES string of the molecule is COc1ccc(-c2nc(CNC(=O)O)oc2-c2ccc(O)cc2)cc1. The van der Waals surface area contributed by atoms with Gasteiger partial charge in [0, 0.05) is 11.1 Å². The molecular formula is C18H16N2O5. The maximum absolute atomic E-state index is 10.7. The van der Waals surface area contributed by atoms with Crippen LogP contribution in [0.5, 0.6) is 11.5 Å². The van der Waals surface area contributed by atoms with Gasteiger partial charge in [-0.25, -0.2) is 9.78 Å². The van der Waals surface area contributed by atoms with E-state index < -0.39 is 6.09 Å². The molecule has 0 aliphatic heterocycles. The number of nitrogens with zero attached hydrogens (tertiary/aromatic N) is 1. The van der Waals surface area contributed by atoms with E-state index in [4.69, 9.17) is 14.3 Å².